The van der Waals surface area contributed by atoms with Crippen LogP contribution >= 0.6 is 0 Å². The van der Waals surface area contributed by atoms with E-state index in [1.165, 1.54) is 6.92 Å². The number of benzene rings is 3. The predicted molar refractivity (Wildman–Crippen MR) is 111 cm³/mol. The highest BCUT2D eigenvalue weighted by Crippen LogP contribution is 2.50. The van der Waals surface area contributed by atoms with E-state index >= 15 is 8.78 Å². The molecule has 0 bridgehead atoms. The molecule has 3 rings (SSSR count). The Morgan fingerprint density at radius 3 is 1.46 bits per heavy atom. The van der Waals surface area contributed by atoms with E-state index in [0.29, 0.717) is 19.1 Å². The first kappa shape index (κ1) is 27.2. The molecular formula is C22H13F7N2O6. The van der Waals surface area contributed by atoms with Crippen molar-refractivity contribution in [2.75, 3.05) is 0 Å². The third kappa shape index (κ3) is 4.25. The lowest BCUT2D eigenvalue weighted by Gasteiger charge is -2.34. The zero-order chi connectivity index (χ0) is 28.2. The molecule has 0 saturated heterocycles. The summed E-state index contributed by atoms with van der Waals surface area (Å²) in [5.74, 6) is -12.6. The summed E-state index contributed by atoms with van der Waals surface area (Å²) in [6.07, 6.45) is -5.27. The maximum absolute atomic E-state index is 15.2. The molecule has 0 unspecified atom stereocenters. The molecule has 0 amide bonds. The van der Waals surface area contributed by atoms with Gasteiger partial charge in [0.1, 0.15) is 0 Å². The number of nitro benzene ring substituents is 2. The number of aromatic hydroxyl groups is 2. The molecule has 2 N–H and O–H groups in total. The molecule has 0 aliphatic heterocycles. The largest absolute Gasteiger partial charge is 0.500 e. The van der Waals surface area contributed by atoms with E-state index in [2.05, 4.69) is 0 Å². The number of hydrogen-bond donors (Lipinski definition) is 2. The van der Waals surface area contributed by atoms with Crippen molar-refractivity contribution in [1.29, 1.82) is 0 Å². The Morgan fingerprint density at radius 2 is 1.11 bits per heavy atom. The van der Waals surface area contributed by atoms with Crippen molar-refractivity contribution in [3.8, 4) is 11.5 Å². The van der Waals surface area contributed by atoms with E-state index in [4.69, 9.17) is 0 Å². The van der Waals surface area contributed by atoms with Crippen LogP contribution in [-0.2, 0) is 11.6 Å². The van der Waals surface area contributed by atoms with Gasteiger partial charge in [-0.3, -0.25) is 20.2 Å². The van der Waals surface area contributed by atoms with Gasteiger partial charge < -0.3 is 10.2 Å². The summed E-state index contributed by atoms with van der Waals surface area (Å²) in [4.78, 5) is 19.8. The van der Waals surface area contributed by atoms with Gasteiger partial charge in [-0.1, -0.05) is 17.7 Å². The number of rotatable bonds is 5. The molecule has 0 aliphatic carbocycles. The number of hydrogen-bond acceptors (Lipinski definition) is 6. The SMILES string of the molecule is Cc1ccc(C(C)(c2cc([N+](=O)[O-])c(O)c(F)c2F)c2cc([N+](=O)[O-])c(O)c(F)c2F)c(C(F)(F)F)c1. The Morgan fingerprint density at radius 1 is 0.703 bits per heavy atom. The number of aryl methyl sites for hydroxylation is 1. The number of nitrogens with zero attached hydrogens (tertiary/aromatic N) is 2. The topological polar surface area (TPSA) is 127 Å². The van der Waals surface area contributed by atoms with E-state index in [-0.39, 0.29) is 17.7 Å². The van der Waals surface area contributed by atoms with Gasteiger partial charge in [0, 0.05) is 28.7 Å². The second kappa shape index (κ2) is 8.90. The minimum atomic E-state index is -5.27. The lowest BCUT2D eigenvalue weighted by atomic mass is 9.68. The van der Waals surface area contributed by atoms with Gasteiger partial charge >= 0.3 is 17.6 Å². The van der Waals surface area contributed by atoms with Crippen LogP contribution in [0.5, 0.6) is 11.5 Å². The van der Waals surface area contributed by atoms with Crippen LogP contribution in [0.1, 0.15) is 34.7 Å². The predicted octanol–water partition coefficient (Wildman–Crippen LogP) is 6.15. The molecule has 0 aliphatic rings. The molecule has 0 atom stereocenters. The van der Waals surface area contributed by atoms with Crippen LogP contribution in [0.3, 0.4) is 0 Å². The first-order valence-corrected chi connectivity index (χ1v) is 9.84. The molecule has 0 aromatic heterocycles. The summed E-state index contributed by atoms with van der Waals surface area (Å²) in [7, 11) is 0. The van der Waals surface area contributed by atoms with Crippen LogP contribution in [0.25, 0.3) is 0 Å². The molecule has 0 fully saturated rings. The smallest absolute Gasteiger partial charge is 0.416 e. The van der Waals surface area contributed by atoms with Gasteiger partial charge in [0.2, 0.25) is 23.1 Å². The van der Waals surface area contributed by atoms with E-state index in [9.17, 15) is 52.4 Å². The summed E-state index contributed by atoms with van der Waals surface area (Å²) >= 11 is 0. The minimum Gasteiger partial charge on any atom is -0.500 e. The van der Waals surface area contributed by atoms with Crippen molar-refractivity contribution in [2.24, 2.45) is 0 Å². The summed E-state index contributed by atoms with van der Waals surface area (Å²) in [6.45, 7) is 1.80. The van der Waals surface area contributed by atoms with Crippen LogP contribution < -0.4 is 0 Å². The van der Waals surface area contributed by atoms with Gasteiger partial charge in [0.15, 0.2) is 11.6 Å². The average molecular weight is 534 g/mol. The zero-order valence-electron chi connectivity index (χ0n) is 18.5. The molecule has 8 nitrogen and oxygen atoms in total. The number of halogens is 7. The Balaban J connectivity index is 2.68. The van der Waals surface area contributed by atoms with Crippen LogP contribution in [-0.4, -0.2) is 20.1 Å². The highest BCUT2D eigenvalue weighted by molar-refractivity contribution is 5.62. The van der Waals surface area contributed by atoms with Crippen LogP contribution in [0, 0.1) is 50.4 Å². The highest BCUT2D eigenvalue weighted by Gasteiger charge is 2.47. The summed E-state index contributed by atoms with van der Waals surface area (Å²) in [6, 6.07) is 2.41. The molecule has 3 aromatic rings. The van der Waals surface area contributed by atoms with Gasteiger partial charge in [-0.25, -0.2) is 8.78 Å². The van der Waals surface area contributed by atoms with Crippen molar-refractivity contribution >= 4 is 11.4 Å². The fraction of sp³-hybridized carbons (Fsp3) is 0.182. The standard InChI is InChI=1S/C22H13F7N2O6/c1-8-3-4-9(10(5-8)22(27,28)29)21(2,11-6-13(30(34)35)19(32)17(25)15(11)23)12-7-14(31(36)37)20(33)18(26)16(12)24/h3-7,32-33H,1-2H3. The van der Waals surface area contributed by atoms with E-state index in [1.807, 2.05) is 0 Å². The first-order chi connectivity index (χ1) is 16.9. The van der Waals surface area contributed by atoms with Gasteiger partial charge in [0.25, 0.3) is 0 Å². The molecule has 0 saturated carbocycles. The summed E-state index contributed by atoms with van der Waals surface area (Å²) in [5.41, 5.74) is -11.7. The first-order valence-electron chi connectivity index (χ1n) is 9.84. The zero-order valence-corrected chi connectivity index (χ0v) is 18.5. The number of phenols is 2. The number of alkyl halides is 3. The van der Waals surface area contributed by atoms with Gasteiger partial charge in [0.05, 0.1) is 15.4 Å². The highest BCUT2D eigenvalue weighted by atomic mass is 19.4. The summed E-state index contributed by atoms with van der Waals surface area (Å²) in [5, 5.41) is 42.0. The normalized spacial score (nSPS) is 12.0. The quantitative estimate of drug-likeness (QED) is 0.175. The van der Waals surface area contributed by atoms with Crippen molar-refractivity contribution in [2.45, 2.75) is 25.4 Å². The van der Waals surface area contributed by atoms with Crippen molar-refractivity contribution in [1.82, 2.24) is 0 Å². The van der Waals surface area contributed by atoms with Crippen LogP contribution in [0.4, 0.5) is 42.1 Å². The Kier molecular flexibility index (Phi) is 6.53. The average Bonchev–Trinajstić information content (AvgIpc) is 2.79. The van der Waals surface area contributed by atoms with Gasteiger partial charge in [-0.15, -0.1) is 0 Å². The fourth-order valence-electron chi connectivity index (χ4n) is 3.98. The summed E-state index contributed by atoms with van der Waals surface area (Å²) < 4.78 is 102. The molecule has 3 aromatic carbocycles. The molecule has 0 heterocycles. The molecule has 0 spiro atoms. The van der Waals surface area contributed by atoms with Crippen LogP contribution in [0.2, 0.25) is 0 Å². The molecule has 15 heteroatoms. The Bertz CT molecular complexity index is 1400. The number of nitro groups is 2. The van der Waals surface area contributed by atoms with E-state index < -0.39 is 89.8 Å². The monoisotopic (exact) mass is 534 g/mol. The second-order valence-corrected chi connectivity index (χ2v) is 8.03. The third-order valence-electron chi connectivity index (χ3n) is 5.81. The molecule has 37 heavy (non-hydrogen) atoms. The van der Waals surface area contributed by atoms with Crippen molar-refractivity contribution in [3.05, 3.63) is 102 Å². The number of phenolic OH excluding ortho intramolecular Hbond substituents is 2. The Hall–Kier alpha value is -4.43. The molecule has 0 radical (unpaired) electrons. The lowest BCUT2D eigenvalue weighted by molar-refractivity contribution is -0.386. The van der Waals surface area contributed by atoms with Gasteiger partial charge in [-0.05, 0) is 25.5 Å². The van der Waals surface area contributed by atoms with Gasteiger partial charge in [-0.2, -0.15) is 22.0 Å². The molecular weight excluding hydrogens is 521 g/mol. The van der Waals surface area contributed by atoms with Crippen LogP contribution in [0.15, 0.2) is 30.3 Å². The minimum absolute atomic E-state index is 0.0231. The maximum Gasteiger partial charge on any atom is 0.416 e. The Labute approximate surface area is 201 Å². The van der Waals surface area contributed by atoms with E-state index in [1.54, 1.807) is 0 Å². The molecule has 196 valence electrons. The fourth-order valence-corrected chi connectivity index (χ4v) is 3.98. The lowest BCUT2D eigenvalue weighted by Crippen LogP contribution is -2.32. The van der Waals surface area contributed by atoms with Crippen molar-refractivity contribution in [3.63, 3.8) is 0 Å². The van der Waals surface area contributed by atoms with Crippen molar-refractivity contribution < 1.29 is 50.8 Å². The third-order valence-corrected chi connectivity index (χ3v) is 5.81. The van der Waals surface area contributed by atoms with E-state index in [0.717, 1.165) is 6.07 Å². The second-order valence-electron chi connectivity index (χ2n) is 8.03. The maximum atomic E-state index is 15.2.